The predicted octanol–water partition coefficient (Wildman–Crippen LogP) is 3.23. The van der Waals surface area contributed by atoms with Crippen LogP contribution in [0.3, 0.4) is 0 Å². The van der Waals surface area contributed by atoms with E-state index in [1.165, 1.54) is 57.8 Å². The lowest BCUT2D eigenvalue weighted by Gasteiger charge is -2.31. The summed E-state index contributed by atoms with van der Waals surface area (Å²) in [5.41, 5.74) is 6.54. The summed E-state index contributed by atoms with van der Waals surface area (Å²) in [4.78, 5) is 0. The normalized spacial score (nSPS) is 24.5. The maximum Gasteiger partial charge on any atom is 0.0154 e. The minimum absolute atomic E-state index is 0.204. The van der Waals surface area contributed by atoms with Crippen LogP contribution in [0, 0.1) is 0 Å². The zero-order valence-corrected chi connectivity index (χ0v) is 8.44. The van der Waals surface area contributed by atoms with Crippen molar-refractivity contribution in [3.05, 3.63) is 0 Å². The van der Waals surface area contributed by atoms with Gasteiger partial charge in [-0.05, 0) is 19.3 Å². The number of rotatable bonds is 2. The van der Waals surface area contributed by atoms with Crippen molar-refractivity contribution in [3.63, 3.8) is 0 Å². The molecular formula is C11H23N. The van der Waals surface area contributed by atoms with E-state index >= 15 is 0 Å². The van der Waals surface area contributed by atoms with E-state index < -0.39 is 0 Å². The summed E-state index contributed by atoms with van der Waals surface area (Å²) >= 11 is 0. The van der Waals surface area contributed by atoms with Crippen LogP contribution in [0.25, 0.3) is 0 Å². The topological polar surface area (TPSA) is 26.0 Å². The Labute approximate surface area is 76.7 Å². The fraction of sp³-hybridized carbons (Fsp3) is 1.00. The van der Waals surface area contributed by atoms with E-state index in [1.807, 2.05) is 0 Å². The molecule has 1 aliphatic rings. The largest absolute Gasteiger partial charge is 0.325 e. The number of hydrogen-bond acceptors (Lipinski definition) is 1. The second kappa shape index (κ2) is 4.86. The summed E-state index contributed by atoms with van der Waals surface area (Å²) in [5.74, 6) is 0. The Morgan fingerprint density at radius 1 is 1.00 bits per heavy atom. The van der Waals surface area contributed by atoms with Crippen LogP contribution in [-0.4, -0.2) is 5.54 Å². The monoisotopic (exact) mass is 169 g/mol. The Morgan fingerprint density at radius 2 is 1.50 bits per heavy atom. The Balaban J connectivity index is 2.36. The third-order valence-electron chi connectivity index (χ3n) is 3.10. The van der Waals surface area contributed by atoms with E-state index in [-0.39, 0.29) is 5.54 Å². The van der Waals surface area contributed by atoms with E-state index in [9.17, 15) is 0 Å². The van der Waals surface area contributed by atoms with Gasteiger partial charge in [-0.25, -0.2) is 0 Å². The Morgan fingerprint density at radius 3 is 2.00 bits per heavy atom. The van der Waals surface area contributed by atoms with Gasteiger partial charge >= 0.3 is 0 Å². The smallest absolute Gasteiger partial charge is 0.0154 e. The van der Waals surface area contributed by atoms with E-state index in [1.54, 1.807) is 0 Å². The average molecular weight is 169 g/mol. The third kappa shape index (κ3) is 3.14. The molecule has 0 radical (unpaired) electrons. The van der Waals surface area contributed by atoms with Gasteiger partial charge in [-0.2, -0.15) is 0 Å². The van der Waals surface area contributed by atoms with Crippen molar-refractivity contribution in [1.29, 1.82) is 0 Å². The molecule has 1 aliphatic carbocycles. The van der Waals surface area contributed by atoms with Gasteiger partial charge in [0.25, 0.3) is 0 Å². The van der Waals surface area contributed by atoms with Gasteiger partial charge in [-0.1, -0.05) is 45.4 Å². The summed E-state index contributed by atoms with van der Waals surface area (Å²) in [6, 6.07) is 0. The van der Waals surface area contributed by atoms with Crippen LogP contribution in [0.15, 0.2) is 0 Å². The zero-order chi connectivity index (χ0) is 8.86. The van der Waals surface area contributed by atoms with Crippen LogP contribution >= 0.6 is 0 Å². The quantitative estimate of drug-likeness (QED) is 0.675. The first-order chi connectivity index (χ1) is 5.77. The van der Waals surface area contributed by atoms with Crippen molar-refractivity contribution in [1.82, 2.24) is 0 Å². The molecule has 0 spiro atoms. The molecule has 0 aromatic heterocycles. The Hall–Kier alpha value is -0.0400. The molecule has 0 bridgehead atoms. The summed E-state index contributed by atoms with van der Waals surface area (Å²) in [5, 5.41) is 0. The van der Waals surface area contributed by atoms with Gasteiger partial charge < -0.3 is 5.73 Å². The molecule has 0 heterocycles. The Kier molecular flexibility index (Phi) is 4.07. The molecule has 0 saturated heterocycles. The van der Waals surface area contributed by atoms with Gasteiger partial charge in [0, 0.05) is 5.54 Å². The maximum atomic E-state index is 6.34. The number of hydrogen-bond donors (Lipinski definition) is 1. The highest BCUT2D eigenvalue weighted by atomic mass is 14.7. The SMILES string of the molecule is CCCC1(N)CCCCCCC1. The van der Waals surface area contributed by atoms with Crippen LogP contribution in [0.2, 0.25) is 0 Å². The summed E-state index contributed by atoms with van der Waals surface area (Å²) in [6.07, 6.45) is 12.0. The van der Waals surface area contributed by atoms with Crippen molar-refractivity contribution < 1.29 is 0 Å². The van der Waals surface area contributed by atoms with E-state index in [4.69, 9.17) is 5.73 Å². The van der Waals surface area contributed by atoms with E-state index in [0.29, 0.717) is 0 Å². The van der Waals surface area contributed by atoms with E-state index in [0.717, 1.165) is 0 Å². The first-order valence-corrected chi connectivity index (χ1v) is 5.56. The molecule has 0 atom stereocenters. The lowest BCUT2D eigenvalue weighted by atomic mass is 9.82. The van der Waals surface area contributed by atoms with Crippen molar-refractivity contribution in [2.45, 2.75) is 70.3 Å². The van der Waals surface area contributed by atoms with Gasteiger partial charge in [0.15, 0.2) is 0 Å². The number of nitrogens with two attached hydrogens (primary N) is 1. The molecule has 0 aromatic carbocycles. The maximum absolute atomic E-state index is 6.34. The Bertz CT molecular complexity index is 112. The predicted molar refractivity (Wildman–Crippen MR) is 54.1 cm³/mol. The summed E-state index contributed by atoms with van der Waals surface area (Å²) in [6.45, 7) is 2.24. The standard InChI is InChI=1S/C11H23N/c1-2-8-11(12)9-6-4-3-5-7-10-11/h2-10,12H2,1H3. The minimum atomic E-state index is 0.204. The molecule has 2 N–H and O–H groups in total. The van der Waals surface area contributed by atoms with Crippen LogP contribution in [-0.2, 0) is 0 Å². The second-order valence-corrected chi connectivity index (χ2v) is 4.38. The molecule has 12 heavy (non-hydrogen) atoms. The highest BCUT2D eigenvalue weighted by Gasteiger charge is 2.23. The highest BCUT2D eigenvalue weighted by molar-refractivity contribution is 4.84. The molecule has 0 amide bonds. The van der Waals surface area contributed by atoms with Gasteiger partial charge in [0.05, 0.1) is 0 Å². The molecular weight excluding hydrogens is 146 g/mol. The minimum Gasteiger partial charge on any atom is -0.325 e. The molecule has 1 saturated carbocycles. The second-order valence-electron chi connectivity index (χ2n) is 4.38. The van der Waals surface area contributed by atoms with Crippen LogP contribution < -0.4 is 5.73 Å². The van der Waals surface area contributed by atoms with Gasteiger partial charge in [-0.3, -0.25) is 0 Å². The van der Waals surface area contributed by atoms with Gasteiger partial charge in [-0.15, -0.1) is 0 Å². The van der Waals surface area contributed by atoms with Crippen molar-refractivity contribution in [3.8, 4) is 0 Å². The average Bonchev–Trinajstić information content (AvgIpc) is 1.99. The molecule has 1 nitrogen and oxygen atoms in total. The van der Waals surface area contributed by atoms with Gasteiger partial charge in [0.1, 0.15) is 0 Å². The van der Waals surface area contributed by atoms with Crippen molar-refractivity contribution >= 4 is 0 Å². The molecule has 72 valence electrons. The fourth-order valence-corrected chi connectivity index (χ4v) is 2.36. The van der Waals surface area contributed by atoms with Crippen molar-refractivity contribution in [2.75, 3.05) is 0 Å². The highest BCUT2D eigenvalue weighted by Crippen LogP contribution is 2.27. The fourth-order valence-electron chi connectivity index (χ4n) is 2.36. The summed E-state index contributed by atoms with van der Waals surface area (Å²) in [7, 11) is 0. The molecule has 1 heteroatoms. The molecule has 0 aliphatic heterocycles. The third-order valence-corrected chi connectivity index (χ3v) is 3.10. The lowest BCUT2D eigenvalue weighted by Crippen LogP contribution is -2.40. The summed E-state index contributed by atoms with van der Waals surface area (Å²) < 4.78 is 0. The van der Waals surface area contributed by atoms with Crippen LogP contribution in [0.4, 0.5) is 0 Å². The van der Waals surface area contributed by atoms with Crippen LogP contribution in [0.1, 0.15) is 64.7 Å². The molecule has 1 fully saturated rings. The molecule has 1 rings (SSSR count). The first-order valence-electron chi connectivity index (χ1n) is 5.56. The van der Waals surface area contributed by atoms with Gasteiger partial charge in [0.2, 0.25) is 0 Å². The van der Waals surface area contributed by atoms with E-state index in [2.05, 4.69) is 6.92 Å². The first kappa shape index (κ1) is 10.0. The molecule has 0 unspecified atom stereocenters. The zero-order valence-electron chi connectivity index (χ0n) is 8.44. The van der Waals surface area contributed by atoms with Crippen LogP contribution in [0.5, 0.6) is 0 Å². The molecule has 0 aromatic rings. The lowest BCUT2D eigenvalue weighted by molar-refractivity contribution is 0.295. The van der Waals surface area contributed by atoms with Crippen molar-refractivity contribution in [2.24, 2.45) is 5.73 Å².